The molecule has 19 heavy (non-hydrogen) atoms. The zero-order valence-electron chi connectivity index (χ0n) is 10.2. The highest BCUT2D eigenvalue weighted by Gasteiger charge is 2.02. The normalized spacial score (nSPS) is 10.1. The number of benzene rings is 2. The van der Waals surface area contributed by atoms with Crippen LogP contribution in [0.1, 0.15) is 5.56 Å². The van der Waals surface area contributed by atoms with E-state index in [0.717, 1.165) is 22.5 Å². The average Bonchev–Trinajstić information content (AvgIpc) is 3.02. The zero-order chi connectivity index (χ0) is 13.1. The van der Waals surface area contributed by atoms with Gasteiger partial charge in [-0.2, -0.15) is 5.26 Å². The molecule has 0 spiro atoms. The summed E-state index contributed by atoms with van der Waals surface area (Å²) in [6.07, 6.45) is 1.67. The number of furan rings is 1. The van der Waals surface area contributed by atoms with Crippen LogP contribution in [0.2, 0.25) is 0 Å². The summed E-state index contributed by atoms with van der Waals surface area (Å²) in [6, 6.07) is 21.7. The summed E-state index contributed by atoms with van der Waals surface area (Å²) in [4.78, 5) is 0. The molecule has 2 aromatic carbocycles. The molecular weight excluding hydrogens is 234 g/mol. The van der Waals surface area contributed by atoms with Crippen LogP contribution in [0.15, 0.2) is 71.3 Å². The van der Waals surface area contributed by atoms with E-state index in [1.165, 1.54) is 0 Å². The van der Waals surface area contributed by atoms with Gasteiger partial charge in [0.2, 0.25) is 0 Å². The Morgan fingerprint density at radius 2 is 1.58 bits per heavy atom. The van der Waals surface area contributed by atoms with Crippen LogP contribution in [0.4, 0.5) is 0 Å². The van der Waals surface area contributed by atoms with Crippen molar-refractivity contribution in [3.8, 4) is 28.5 Å². The molecule has 0 atom stereocenters. The number of nitrogens with zero attached hydrogens (tertiary/aromatic N) is 1. The van der Waals surface area contributed by atoms with Gasteiger partial charge in [-0.05, 0) is 35.4 Å². The molecule has 3 aromatic rings. The largest absolute Gasteiger partial charge is 0.464 e. The van der Waals surface area contributed by atoms with E-state index in [0.29, 0.717) is 5.56 Å². The third-order valence-corrected chi connectivity index (χ3v) is 3.02. The van der Waals surface area contributed by atoms with Crippen molar-refractivity contribution in [2.45, 2.75) is 0 Å². The summed E-state index contributed by atoms with van der Waals surface area (Å²) in [5, 5.41) is 8.92. The van der Waals surface area contributed by atoms with Gasteiger partial charge in [-0.15, -0.1) is 0 Å². The van der Waals surface area contributed by atoms with Gasteiger partial charge in [0.05, 0.1) is 17.9 Å². The smallest absolute Gasteiger partial charge is 0.133 e. The van der Waals surface area contributed by atoms with E-state index in [2.05, 4.69) is 6.07 Å². The number of rotatable bonds is 2. The number of hydrogen-bond acceptors (Lipinski definition) is 2. The highest BCUT2D eigenvalue weighted by atomic mass is 16.3. The maximum absolute atomic E-state index is 8.92. The Kier molecular flexibility index (Phi) is 2.88. The van der Waals surface area contributed by atoms with Crippen molar-refractivity contribution >= 4 is 0 Å². The van der Waals surface area contributed by atoms with Gasteiger partial charge in [-0.1, -0.05) is 36.4 Å². The van der Waals surface area contributed by atoms with Crippen molar-refractivity contribution in [2.75, 3.05) is 0 Å². The predicted octanol–water partition coefficient (Wildman–Crippen LogP) is 4.49. The van der Waals surface area contributed by atoms with Gasteiger partial charge in [0.1, 0.15) is 5.76 Å². The molecule has 1 aromatic heterocycles. The van der Waals surface area contributed by atoms with E-state index in [-0.39, 0.29) is 0 Å². The molecule has 2 nitrogen and oxygen atoms in total. The molecule has 0 bridgehead atoms. The van der Waals surface area contributed by atoms with Crippen LogP contribution < -0.4 is 0 Å². The van der Waals surface area contributed by atoms with Crippen LogP contribution >= 0.6 is 0 Å². The zero-order valence-corrected chi connectivity index (χ0v) is 10.2. The molecule has 0 fully saturated rings. The lowest BCUT2D eigenvalue weighted by Gasteiger charge is -2.03. The minimum atomic E-state index is 0.674. The molecule has 0 saturated heterocycles. The summed E-state index contributed by atoms with van der Waals surface area (Å²) in [5.41, 5.74) is 3.86. The Balaban J connectivity index is 1.96. The maximum atomic E-state index is 8.92. The summed E-state index contributed by atoms with van der Waals surface area (Å²) >= 11 is 0. The van der Waals surface area contributed by atoms with E-state index in [4.69, 9.17) is 9.68 Å². The van der Waals surface area contributed by atoms with Crippen LogP contribution in [0, 0.1) is 11.3 Å². The van der Waals surface area contributed by atoms with E-state index in [9.17, 15) is 0 Å². The fourth-order valence-electron chi connectivity index (χ4n) is 2.04. The highest BCUT2D eigenvalue weighted by molar-refractivity contribution is 5.69. The second-order valence-corrected chi connectivity index (χ2v) is 4.25. The van der Waals surface area contributed by atoms with Gasteiger partial charge in [0, 0.05) is 5.56 Å². The second-order valence-electron chi connectivity index (χ2n) is 4.25. The summed E-state index contributed by atoms with van der Waals surface area (Å²) < 4.78 is 5.36. The lowest BCUT2D eigenvalue weighted by molar-refractivity contribution is 0.582. The van der Waals surface area contributed by atoms with Crippen molar-refractivity contribution < 1.29 is 4.42 Å². The molecule has 0 aliphatic rings. The molecule has 0 N–H and O–H groups in total. The monoisotopic (exact) mass is 245 g/mol. The van der Waals surface area contributed by atoms with Crippen LogP contribution in [0.25, 0.3) is 22.5 Å². The Labute approximate surface area is 111 Å². The van der Waals surface area contributed by atoms with Gasteiger partial charge < -0.3 is 4.42 Å². The number of nitriles is 1. The third kappa shape index (κ3) is 2.27. The molecule has 0 saturated carbocycles. The van der Waals surface area contributed by atoms with Gasteiger partial charge in [0.25, 0.3) is 0 Å². The molecule has 0 aliphatic carbocycles. The summed E-state index contributed by atoms with van der Waals surface area (Å²) in [6.45, 7) is 0. The minimum absolute atomic E-state index is 0.674. The average molecular weight is 245 g/mol. The molecule has 0 radical (unpaired) electrons. The van der Waals surface area contributed by atoms with Crippen molar-refractivity contribution in [3.05, 3.63) is 72.5 Å². The Morgan fingerprint density at radius 1 is 0.789 bits per heavy atom. The van der Waals surface area contributed by atoms with Crippen LogP contribution in [-0.4, -0.2) is 0 Å². The molecule has 0 unspecified atom stereocenters. The van der Waals surface area contributed by atoms with E-state index < -0.39 is 0 Å². The van der Waals surface area contributed by atoms with Crippen LogP contribution in [0.5, 0.6) is 0 Å². The first kappa shape index (κ1) is 11.3. The maximum Gasteiger partial charge on any atom is 0.133 e. The van der Waals surface area contributed by atoms with E-state index in [1.54, 1.807) is 12.3 Å². The third-order valence-electron chi connectivity index (χ3n) is 3.02. The van der Waals surface area contributed by atoms with Crippen molar-refractivity contribution in [2.24, 2.45) is 0 Å². The van der Waals surface area contributed by atoms with E-state index >= 15 is 0 Å². The predicted molar refractivity (Wildman–Crippen MR) is 74.3 cm³/mol. The molecule has 1 heterocycles. The Morgan fingerprint density at radius 3 is 2.26 bits per heavy atom. The van der Waals surface area contributed by atoms with E-state index in [1.807, 2.05) is 54.6 Å². The van der Waals surface area contributed by atoms with Gasteiger partial charge in [0.15, 0.2) is 0 Å². The number of hydrogen-bond donors (Lipinski definition) is 0. The lowest BCUT2D eigenvalue weighted by atomic mass is 10.0. The van der Waals surface area contributed by atoms with Crippen molar-refractivity contribution in [3.63, 3.8) is 0 Å². The van der Waals surface area contributed by atoms with Crippen LogP contribution in [-0.2, 0) is 0 Å². The molecule has 90 valence electrons. The molecular formula is C17H11NO. The van der Waals surface area contributed by atoms with Crippen molar-refractivity contribution in [1.82, 2.24) is 0 Å². The molecule has 0 aliphatic heterocycles. The first-order valence-electron chi connectivity index (χ1n) is 6.01. The second kappa shape index (κ2) is 4.83. The fraction of sp³-hybridized carbons (Fsp3) is 0. The molecule has 2 heteroatoms. The lowest BCUT2D eigenvalue weighted by Crippen LogP contribution is -1.81. The van der Waals surface area contributed by atoms with Crippen LogP contribution in [0.3, 0.4) is 0 Å². The van der Waals surface area contributed by atoms with Gasteiger partial charge >= 0.3 is 0 Å². The quantitative estimate of drug-likeness (QED) is 0.667. The topological polar surface area (TPSA) is 36.9 Å². The van der Waals surface area contributed by atoms with Gasteiger partial charge in [-0.3, -0.25) is 0 Å². The van der Waals surface area contributed by atoms with Crippen molar-refractivity contribution in [1.29, 1.82) is 5.26 Å². The summed E-state index contributed by atoms with van der Waals surface area (Å²) in [5.74, 6) is 0.859. The Bertz CT molecular complexity index is 719. The highest BCUT2D eigenvalue weighted by Crippen LogP contribution is 2.25. The minimum Gasteiger partial charge on any atom is -0.464 e. The molecule has 0 amide bonds. The standard InChI is InChI=1S/C17H11NO/c18-12-13-3-1-4-16(11-13)14-6-8-15(9-7-14)17-5-2-10-19-17/h1-11H. The SMILES string of the molecule is N#Cc1cccc(-c2ccc(-c3ccco3)cc2)c1. The van der Waals surface area contributed by atoms with Gasteiger partial charge in [-0.25, -0.2) is 0 Å². The fourth-order valence-corrected chi connectivity index (χ4v) is 2.04. The molecule has 3 rings (SSSR count). The summed E-state index contributed by atoms with van der Waals surface area (Å²) in [7, 11) is 0. The Hall–Kier alpha value is -2.79. The first-order chi connectivity index (χ1) is 9.36. The first-order valence-corrected chi connectivity index (χ1v) is 6.01.